The summed E-state index contributed by atoms with van der Waals surface area (Å²) in [6, 6.07) is 4.14. The minimum atomic E-state index is 0.890. The maximum Gasteiger partial charge on any atom is 0.0586 e. The number of nitrogen functional groups attached to an aromatic ring is 1. The van der Waals surface area contributed by atoms with Gasteiger partial charge in [0.1, 0.15) is 0 Å². The Balaban J connectivity index is 3.31. The van der Waals surface area contributed by atoms with E-state index in [0.717, 1.165) is 12.8 Å². The minimum Gasteiger partial charge on any atom is -0.397 e. The fourth-order valence-corrected chi connectivity index (χ4v) is 4.14. The van der Waals surface area contributed by atoms with E-state index in [-0.39, 0.29) is 0 Å². The van der Waals surface area contributed by atoms with Crippen LogP contribution in [0.5, 0.6) is 0 Å². The average Bonchev–Trinajstić information content (AvgIpc) is 1.82. The molecule has 1 aromatic carbocycles. The van der Waals surface area contributed by atoms with Gasteiger partial charge in [0.15, 0.2) is 0 Å². The van der Waals surface area contributed by atoms with E-state index in [1.54, 1.807) is 0 Å². The van der Waals surface area contributed by atoms with Crippen LogP contribution in [-0.2, 0) is 0 Å². The quantitative estimate of drug-likeness (QED) is 0.458. The van der Waals surface area contributed by atoms with Gasteiger partial charge in [0.25, 0.3) is 0 Å². The zero-order valence-corrected chi connectivity index (χ0v) is 11.3. The van der Waals surface area contributed by atoms with Crippen LogP contribution in [0.15, 0.2) is 12.1 Å². The molecule has 0 spiro atoms. The predicted molar refractivity (Wildman–Crippen MR) is 69.0 cm³/mol. The normalized spacial score (nSPS) is 9.90. The summed E-state index contributed by atoms with van der Waals surface area (Å²) in [5.41, 5.74) is 6.62. The van der Waals surface area contributed by atoms with Gasteiger partial charge in [-0.05, 0) is 79.9 Å². The Kier molecular flexibility index (Phi) is 3.48. The lowest BCUT2D eigenvalue weighted by molar-refractivity contribution is 1.54. The first-order chi connectivity index (χ1) is 4.61. The Morgan fingerprint density at radius 1 is 1.00 bits per heavy atom. The SMILES string of the molecule is Nc1c(I)cc(I)cc1I. The summed E-state index contributed by atoms with van der Waals surface area (Å²) in [7, 11) is 0. The zero-order chi connectivity index (χ0) is 7.72. The first kappa shape index (κ1) is 9.30. The highest BCUT2D eigenvalue weighted by atomic mass is 127. The first-order valence-corrected chi connectivity index (χ1v) is 5.75. The Morgan fingerprint density at radius 3 is 1.80 bits per heavy atom. The summed E-state index contributed by atoms with van der Waals surface area (Å²) in [6.45, 7) is 0. The van der Waals surface area contributed by atoms with E-state index in [9.17, 15) is 0 Å². The van der Waals surface area contributed by atoms with E-state index in [1.165, 1.54) is 3.57 Å². The third kappa shape index (κ3) is 2.10. The van der Waals surface area contributed by atoms with Crippen LogP contribution in [0.4, 0.5) is 5.69 Å². The Hall–Kier alpha value is 1.21. The summed E-state index contributed by atoms with van der Waals surface area (Å²) in [5.74, 6) is 0. The van der Waals surface area contributed by atoms with Gasteiger partial charge < -0.3 is 5.73 Å². The van der Waals surface area contributed by atoms with Crippen molar-refractivity contribution < 1.29 is 0 Å². The summed E-state index contributed by atoms with van der Waals surface area (Å²) < 4.78 is 3.50. The van der Waals surface area contributed by atoms with Crippen LogP contribution in [0, 0.1) is 10.7 Å². The summed E-state index contributed by atoms with van der Waals surface area (Å²) in [4.78, 5) is 0. The van der Waals surface area contributed by atoms with Crippen LogP contribution in [0.25, 0.3) is 0 Å². The molecule has 1 nitrogen and oxygen atoms in total. The number of hydrogen-bond donors (Lipinski definition) is 1. The predicted octanol–water partition coefficient (Wildman–Crippen LogP) is 3.08. The highest BCUT2D eigenvalue weighted by molar-refractivity contribution is 14.1. The van der Waals surface area contributed by atoms with Crippen molar-refractivity contribution in [3.63, 3.8) is 0 Å². The van der Waals surface area contributed by atoms with Crippen LogP contribution < -0.4 is 5.73 Å². The fraction of sp³-hybridized carbons (Fsp3) is 0. The van der Waals surface area contributed by atoms with Crippen LogP contribution in [0.3, 0.4) is 0 Å². The van der Waals surface area contributed by atoms with Gasteiger partial charge >= 0.3 is 0 Å². The second-order valence-electron chi connectivity index (χ2n) is 1.78. The van der Waals surface area contributed by atoms with E-state index in [1.807, 2.05) is 0 Å². The number of rotatable bonds is 0. The molecule has 4 heteroatoms. The number of halogens is 3. The highest BCUT2D eigenvalue weighted by Crippen LogP contribution is 2.23. The topological polar surface area (TPSA) is 26.0 Å². The largest absolute Gasteiger partial charge is 0.397 e. The zero-order valence-electron chi connectivity index (χ0n) is 4.87. The van der Waals surface area contributed by atoms with Gasteiger partial charge in [-0.3, -0.25) is 0 Å². The molecule has 1 aromatic rings. The highest BCUT2D eigenvalue weighted by Gasteiger charge is 2.00. The Labute approximate surface area is 101 Å². The summed E-state index contributed by atoms with van der Waals surface area (Å²) in [5, 5.41) is 0. The molecule has 0 aromatic heterocycles. The van der Waals surface area contributed by atoms with Crippen molar-refractivity contribution in [1.82, 2.24) is 0 Å². The second-order valence-corrected chi connectivity index (χ2v) is 5.35. The average molecular weight is 471 g/mol. The molecule has 0 saturated heterocycles. The molecule has 0 aliphatic carbocycles. The van der Waals surface area contributed by atoms with Crippen molar-refractivity contribution in [3.8, 4) is 0 Å². The molecule has 0 atom stereocenters. The van der Waals surface area contributed by atoms with Gasteiger partial charge in [0.05, 0.1) is 5.69 Å². The maximum atomic E-state index is 5.73. The third-order valence-electron chi connectivity index (χ3n) is 1.04. The number of nitrogens with two attached hydrogens (primary N) is 1. The van der Waals surface area contributed by atoms with Gasteiger partial charge in [-0.1, -0.05) is 0 Å². The van der Waals surface area contributed by atoms with Gasteiger partial charge in [-0.2, -0.15) is 0 Å². The molecule has 0 radical (unpaired) electrons. The molecule has 0 amide bonds. The molecule has 2 N–H and O–H groups in total. The van der Waals surface area contributed by atoms with Crippen molar-refractivity contribution in [2.24, 2.45) is 0 Å². The third-order valence-corrected chi connectivity index (χ3v) is 3.45. The molecular formula is C6H4I3N. The van der Waals surface area contributed by atoms with Crippen LogP contribution >= 0.6 is 67.8 Å². The first-order valence-electron chi connectivity index (χ1n) is 2.51. The molecule has 0 aliphatic heterocycles. The molecule has 0 saturated carbocycles. The lowest BCUT2D eigenvalue weighted by Crippen LogP contribution is -1.93. The monoisotopic (exact) mass is 471 g/mol. The van der Waals surface area contributed by atoms with E-state index < -0.39 is 0 Å². The van der Waals surface area contributed by atoms with Crippen LogP contribution in [0.2, 0.25) is 0 Å². The second kappa shape index (κ2) is 3.74. The molecular weight excluding hydrogens is 467 g/mol. The standard InChI is InChI=1S/C6H4I3N/c7-3-1-4(8)6(10)5(9)2-3/h1-2H,10H2. The molecule has 10 heavy (non-hydrogen) atoms. The lowest BCUT2D eigenvalue weighted by Gasteiger charge is -2.00. The van der Waals surface area contributed by atoms with E-state index in [4.69, 9.17) is 5.73 Å². The summed E-state index contributed by atoms with van der Waals surface area (Å²) in [6.07, 6.45) is 0. The van der Waals surface area contributed by atoms with Crippen LogP contribution in [-0.4, -0.2) is 0 Å². The maximum absolute atomic E-state index is 5.73. The van der Waals surface area contributed by atoms with Crippen molar-refractivity contribution in [1.29, 1.82) is 0 Å². The molecule has 0 fully saturated rings. The molecule has 0 unspecified atom stereocenters. The van der Waals surface area contributed by atoms with E-state index in [2.05, 4.69) is 79.9 Å². The summed E-state index contributed by atoms with van der Waals surface area (Å²) >= 11 is 6.76. The smallest absolute Gasteiger partial charge is 0.0586 e. The van der Waals surface area contributed by atoms with Crippen molar-refractivity contribution in [2.75, 3.05) is 5.73 Å². The van der Waals surface area contributed by atoms with E-state index in [0.29, 0.717) is 0 Å². The molecule has 54 valence electrons. The van der Waals surface area contributed by atoms with Gasteiger partial charge in [0.2, 0.25) is 0 Å². The Bertz CT molecular complexity index is 236. The molecule has 1 rings (SSSR count). The number of hydrogen-bond acceptors (Lipinski definition) is 1. The minimum absolute atomic E-state index is 0.890. The molecule has 0 bridgehead atoms. The fourth-order valence-electron chi connectivity index (χ4n) is 0.553. The van der Waals surface area contributed by atoms with E-state index >= 15 is 0 Å². The number of anilines is 1. The van der Waals surface area contributed by atoms with Crippen LogP contribution in [0.1, 0.15) is 0 Å². The lowest BCUT2D eigenvalue weighted by atomic mass is 10.3. The van der Waals surface area contributed by atoms with Gasteiger partial charge in [-0.15, -0.1) is 0 Å². The Morgan fingerprint density at radius 2 is 1.40 bits per heavy atom. The molecule has 0 heterocycles. The van der Waals surface area contributed by atoms with Gasteiger partial charge in [-0.25, -0.2) is 0 Å². The van der Waals surface area contributed by atoms with Crippen molar-refractivity contribution in [3.05, 3.63) is 22.8 Å². The van der Waals surface area contributed by atoms with Crippen molar-refractivity contribution in [2.45, 2.75) is 0 Å². The molecule has 0 aliphatic rings. The van der Waals surface area contributed by atoms with Gasteiger partial charge in [0, 0.05) is 10.7 Å². The number of benzene rings is 1. The van der Waals surface area contributed by atoms with Crippen molar-refractivity contribution >= 4 is 73.5 Å².